The molecule has 3 rings (SSSR count). The predicted octanol–water partition coefficient (Wildman–Crippen LogP) is 3.15. The number of aliphatic imine (C=N–C) groups is 1. The number of amides is 1. The smallest absolute Gasteiger partial charge is 0.410 e. The first-order chi connectivity index (χ1) is 14.2. The fourth-order valence-electron chi connectivity index (χ4n) is 3.40. The summed E-state index contributed by atoms with van der Waals surface area (Å²) >= 11 is 0. The quantitative estimate of drug-likeness (QED) is 0.355. The lowest BCUT2D eigenvalue weighted by atomic mass is 10.1. The third-order valence-electron chi connectivity index (χ3n) is 5.07. The van der Waals surface area contributed by atoms with E-state index in [0.29, 0.717) is 45.3 Å². The molecule has 2 aliphatic rings. The molecule has 2 N–H and O–H groups in total. The zero-order valence-electron chi connectivity index (χ0n) is 18.9. The Kier molecular flexibility index (Phi) is 9.23. The molecule has 9 heteroatoms. The van der Waals surface area contributed by atoms with Gasteiger partial charge in [-0.15, -0.1) is 24.0 Å². The van der Waals surface area contributed by atoms with Gasteiger partial charge in [-0.25, -0.2) is 9.79 Å². The Bertz CT molecular complexity index is 767. The molecule has 0 aliphatic carbocycles. The van der Waals surface area contributed by atoms with Gasteiger partial charge in [0.25, 0.3) is 0 Å². The second-order valence-corrected chi connectivity index (χ2v) is 8.84. The van der Waals surface area contributed by atoms with Crippen LogP contribution in [0.15, 0.2) is 23.2 Å². The molecule has 174 valence electrons. The molecular formula is C22H35IN4O4. The molecule has 1 unspecified atom stereocenters. The Morgan fingerprint density at radius 1 is 1.23 bits per heavy atom. The molecule has 0 spiro atoms. The van der Waals surface area contributed by atoms with Crippen LogP contribution in [0.1, 0.15) is 38.3 Å². The zero-order valence-corrected chi connectivity index (χ0v) is 21.3. The summed E-state index contributed by atoms with van der Waals surface area (Å²) in [5, 5.41) is 0. The average Bonchev–Trinajstić information content (AvgIpc) is 3.19. The van der Waals surface area contributed by atoms with Gasteiger partial charge in [-0.05, 0) is 39.3 Å². The third-order valence-corrected chi connectivity index (χ3v) is 5.07. The van der Waals surface area contributed by atoms with Gasteiger partial charge >= 0.3 is 6.09 Å². The molecule has 2 aliphatic heterocycles. The molecule has 1 amide bonds. The number of rotatable bonds is 4. The van der Waals surface area contributed by atoms with E-state index in [9.17, 15) is 4.79 Å². The van der Waals surface area contributed by atoms with E-state index < -0.39 is 5.60 Å². The van der Waals surface area contributed by atoms with E-state index in [2.05, 4.69) is 11.1 Å². The van der Waals surface area contributed by atoms with E-state index in [4.69, 9.17) is 19.9 Å². The molecule has 1 aromatic carbocycles. The molecule has 0 bridgehead atoms. The highest BCUT2D eigenvalue weighted by molar-refractivity contribution is 14.0. The van der Waals surface area contributed by atoms with Crippen LogP contribution in [0.3, 0.4) is 0 Å². The van der Waals surface area contributed by atoms with E-state index in [1.54, 1.807) is 4.90 Å². The van der Waals surface area contributed by atoms with Crippen molar-refractivity contribution in [2.45, 2.75) is 52.4 Å². The summed E-state index contributed by atoms with van der Waals surface area (Å²) in [5.41, 5.74) is 7.89. The lowest BCUT2D eigenvalue weighted by Gasteiger charge is -2.36. The molecule has 31 heavy (non-hydrogen) atoms. The van der Waals surface area contributed by atoms with Crippen LogP contribution in [0, 0.1) is 6.92 Å². The highest BCUT2D eigenvalue weighted by atomic mass is 127. The average molecular weight is 546 g/mol. The third kappa shape index (κ3) is 7.71. The number of hydrogen-bond donors (Lipinski definition) is 1. The van der Waals surface area contributed by atoms with Gasteiger partial charge in [0, 0.05) is 38.2 Å². The fourth-order valence-corrected chi connectivity index (χ4v) is 3.40. The van der Waals surface area contributed by atoms with E-state index in [0.717, 1.165) is 29.9 Å². The van der Waals surface area contributed by atoms with Crippen LogP contribution in [0.4, 0.5) is 4.79 Å². The molecule has 2 saturated heterocycles. The normalized spacial score (nSPS) is 19.7. The largest absolute Gasteiger partial charge is 0.488 e. The summed E-state index contributed by atoms with van der Waals surface area (Å²) in [5.74, 6) is 1.33. The number of carbonyl (C=O) groups is 1. The summed E-state index contributed by atoms with van der Waals surface area (Å²) in [4.78, 5) is 20.5. The van der Waals surface area contributed by atoms with Gasteiger partial charge in [0.2, 0.25) is 0 Å². The lowest BCUT2D eigenvalue weighted by Crippen LogP contribution is -2.53. The minimum Gasteiger partial charge on any atom is -0.488 e. The van der Waals surface area contributed by atoms with E-state index in [1.807, 2.05) is 44.7 Å². The zero-order chi connectivity index (χ0) is 21.7. The van der Waals surface area contributed by atoms with Crippen LogP contribution in [0.2, 0.25) is 0 Å². The fraction of sp³-hybridized carbons (Fsp3) is 0.636. The molecule has 2 heterocycles. The van der Waals surface area contributed by atoms with Crippen molar-refractivity contribution in [1.29, 1.82) is 0 Å². The number of nitrogens with two attached hydrogens (primary N) is 1. The first kappa shape index (κ1) is 25.5. The SMILES string of the molecule is Cc1ccc(CN=C(N)N2CCN(C(=O)OC(C)(C)C)CC2)c(OC2CCOC2)c1.I. The van der Waals surface area contributed by atoms with Gasteiger partial charge in [-0.3, -0.25) is 0 Å². The summed E-state index contributed by atoms with van der Waals surface area (Å²) in [7, 11) is 0. The first-order valence-electron chi connectivity index (χ1n) is 10.6. The maximum absolute atomic E-state index is 12.2. The van der Waals surface area contributed by atoms with Crippen LogP contribution in [0.25, 0.3) is 0 Å². The van der Waals surface area contributed by atoms with Crippen molar-refractivity contribution in [3.8, 4) is 5.75 Å². The second-order valence-electron chi connectivity index (χ2n) is 8.84. The Labute approximate surface area is 202 Å². The Morgan fingerprint density at radius 2 is 1.90 bits per heavy atom. The Morgan fingerprint density at radius 3 is 2.52 bits per heavy atom. The van der Waals surface area contributed by atoms with Crippen LogP contribution in [-0.2, 0) is 16.0 Å². The minimum absolute atomic E-state index is 0. The van der Waals surface area contributed by atoms with Gasteiger partial charge in [0.1, 0.15) is 17.5 Å². The van der Waals surface area contributed by atoms with Crippen LogP contribution in [0.5, 0.6) is 5.75 Å². The highest BCUT2D eigenvalue weighted by Gasteiger charge is 2.26. The van der Waals surface area contributed by atoms with Gasteiger partial charge in [0.05, 0.1) is 19.8 Å². The molecule has 0 saturated carbocycles. The number of ether oxygens (including phenoxy) is 3. The monoisotopic (exact) mass is 546 g/mol. The van der Waals surface area contributed by atoms with Crippen molar-refractivity contribution in [3.05, 3.63) is 29.3 Å². The molecule has 8 nitrogen and oxygen atoms in total. The van der Waals surface area contributed by atoms with Crippen molar-refractivity contribution in [1.82, 2.24) is 9.80 Å². The number of carbonyl (C=O) groups excluding carboxylic acids is 1. The Hall–Kier alpha value is -1.75. The van der Waals surface area contributed by atoms with Crippen molar-refractivity contribution in [2.75, 3.05) is 39.4 Å². The molecule has 1 atom stereocenters. The number of aryl methyl sites for hydroxylation is 1. The maximum Gasteiger partial charge on any atom is 0.410 e. The van der Waals surface area contributed by atoms with E-state index >= 15 is 0 Å². The van der Waals surface area contributed by atoms with Crippen molar-refractivity contribution in [3.63, 3.8) is 0 Å². The van der Waals surface area contributed by atoms with Gasteiger partial charge in [0.15, 0.2) is 5.96 Å². The summed E-state index contributed by atoms with van der Waals surface area (Å²) < 4.78 is 17.0. The number of piperazine rings is 1. The summed E-state index contributed by atoms with van der Waals surface area (Å²) in [6.07, 6.45) is 0.712. The number of hydrogen-bond acceptors (Lipinski definition) is 5. The Balaban J connectivity index is 0.00000341. The number of guanidine groups is 1. The number of nitrogens with zero attached hydrogens (tertiary/aromatic N) is 3. The second kappa shape index (κ2) is 11.2. The highest BCUT2D eigenvalue weighted by Crippen LogP contribution is 2.24. The molecule has 1 aromatic rings. The van der Waals surface area contributed by atoms with Gasteiger partial charge in [-0.1, -0.05) is 12.1 Å². The first-order valence-corrected chi connectivity index (χ1v) is 10.6. The van der Waals surface area contributed by atoms with E-state index in [1.165, 1.54) is 0 Å². The van der Waals surface area contributed by atoms with Crippen molar-refractivity contribution in [2.24, 2.45) is 10.7 Å². The standard InChI is InChI=1S/C22H34N4O4.HI/c1-16-5-6-17(19(13-16)29-18-7-12-28-15-18)14-24-20(23)25-8-10-26(11-9-25)21(27)30-22(2,3)4;/h5-6,13,18H,7-12,14-15H2,1-4H3,(H2,23,24);1H. The van der Waals surface area contributed by atoms with Crippen molar-refractivity contribution >= 4 is 36.0 Å². The maximum atomic E-state index is 12.2. The molecule has 0 aromatic heterocycles. The van der Waals surface area contributed by atoms with Gasteiger partial charge < -0.3 is 29.7 Å². The number of benzene rings is 1. The predicted molar refractivity (Wildman–Crippen MR) is 131 cm³/mol. The topological polar surface area (TPSA) is 89.6 Å². The molecule has 0 radical (unpaired) electrons. The van der Waals surface area contributed by atoms with Crippen LogP contribution < -0.4 is 10.5 Å². The van der Waals surface area contributed by atoms with E-state index in [-0.39, 0.29) is 36.2 Å². The lowest BCUT2D eigenvalue weighted by molar-refractivity contribution is 0.0186. The summed E-state index contributed by atoms with van der Waals surface area (Å²) in [6, 6.07) is 6.13. The van der Waals surface area contributed by atoms with Crippen LogP contribution in [-0.4, -0.2) is 73.0 Å². The van der Waals surface area contributed by atoms with Crippen molar-refractivity contribution < 1.29 is 19.0 Å². The summed E-state index contributed by atoms with van der Waals surface area (Å²) in [6.45, 7) is 11.9. The molecule has 2 fully saturated rings. The van der Waals surface area contributed by atoms with Crippen LogP contribution >= 0.6 is 24.0 Å². The van der Waals surface area contributed by atoms with Gasteiger partial charge in [-0.2, -0.15) is 0 Å². The number of halogens is 1. The molecular weight excluding hydrogens is 511 g/mol. The minimum atomic E-state index is -0.493.